The van der Waals surface area contributed by atoms with E-state index in [-0.39, 0.29) is 0 Å². The average Bonchev–Trinajstić information content (AvgIpc) is 2.48. The molecule has 1 aromatic rings. The van der Waals surface area contributed by atoms with Crippen LogP contribution in [0.3, 0.4) is 0 Å². The molecule has 0 atom stereocenters. The summed E-state index contributed by atoms with van der Waals surface area (Å²) in [6, 6.07) is 0. The zero-order chi connectivity index (χ0) is 15.4. The van der Waals surface area contributed by atoms with E-state index in [2.05, 4.69) is 36.2 Å². The molecule has 0 saturated heterocycles. The summed E-state index contributed by atoms with van der Waals surface area (Å²) in [5, 5.41) is 0. The van der Waals surface area contributed by atoms with Crippen LogP contribution >= 0.6 is 0 Å². The monoisotopic (exact) mass is 291 g/mol. The molecule has 0 radical (unpaired) electrons. The molecule has 1 heterocycles. The number of anilines is 2. The van der Waals surface area contributed by atoms with Gasteiger partial charge in [0.05, 0.1) is 0 Å². The zero-order valence-electron chi connectivity index (χ0n) is 13.8. The van der Waals surface area contributed by atoms with E-state index < -0.39 is 0 Å². The number of nitrogen functional groups attached to an aromatic ring is 1. The maximum Gasteiger partial charge on any atom is 0.148 e. The van der Waals surface area contributed by atoms with E-state index in [0.29, 0.717) is 5.92 Å². The van der Waals surface area contributed by atoms with Crippen molar-refractivity contribution in [3.63, 3.8) is 0 Å². The molecule has 1 aromatic heterocycles. The predicted octanol–water partition coefficient (Wildman–Crippen LogP) is 3.21. The number of nitrogens with one attached hydrogen (secondary N) is 1. The summed E-state index contributed by atoms with van der Waals surface area (Å²) in [4.78, 5) is 11.5. The Morgan fingerprint density at radius 1 is 1.24 bits per heavy atom. The van der Waals surface area contributed by atoms with Crippen LogP contribution in [-0.4, -0.2) is 23.6 Å². The van der Waals surface area contributed by atoms with Crippen LogP contribution in [0.1, 0.15) is 63.3 Å². The average molecular weight is 291 g/mol. The van der Waals surface area contributed by atoms with Crippen LogP contribution < -0.4 is 16.2 Å². The Labute approximate surface area is 128 Å². The third-order valence-electron chi connectivity index (χ3n) is 4.41. The summed E-state index contributed by atoms with van der Waals surface area (Å²) in [6.07, 6.45) is 6.81. The summed E-state index contributed by atoms with van der Waals surface area (Å²) < 4.78 is 0. The number of hydrogen-bond acceptors (Lipinski definition) is 5. The molecule has 1 aliphatic carbocycles. The van der Waals surface area contributed by atoms with Gasteiger partial charge in [-0.2, -0.15) is 0 Å². The molecule has 0 unspecified atom stereocenters. The van der Waals surface area contributed by atoms with Crippen molar-refractivity contribution < 1.29 is 0 Å². The van der Waals surface area contributed by atoms with E-state index in [4.69, 9.17) is 10.8 Å². The third kappa shape index (κ3) is 3.84. The topological polar surface area (TPSA) is 67.1 Å². The first kappa shape index (κ1) is 16.0. The zero-order valence-corrected chi connectivity index (χ0v) is 13.8. The van der Waals surface area contributed by atoms with Crippen LogP contribution in [0, 0.1) is 12.8 Å². The molecule has 5 heteroatoms. The van der Waals surface area contributed by atoms with Gasteiger partial charge in [-0.3, -0.25) is 0 Å². The standard InChI is InChI=1S/C16H29N5/c1-11(2)14-18-15(20-17)12(3)16(19-14)21(4)10-13-8-6-5-7-9-13/h11,13H,5-10,17H2,1-4H3,(H,18,19,20). The molecule has 0 amide bonds. The minimum absolute atomic E-state index is 0.291. The van der Waals surface area contributed by atoms with Gasteiger partial charge >= 0.3 is 0 Å². The van der Waals surface area contributed by atoms with E-state index in [0.717, 1.165) is 35.5 Å². The van der Waals surface area contributed by atoms with Crippen molar-refractivity contribution >= 4 is 11.6 Å². The van der Waals surface area contributed by atoms with Crippen LogP contribution in [0.15, 0.2) is 0 Å². The van der Waals surface area contributed by atoms with Crippen LogP contribution in [0.4, 0.5) is 11.6 Å². The molecule has 1 fully saturated rings. The SMILES string of the molecule is Cc1c(NN)nc(C(C)C)nc1N(C)CC1CCCCC1. The maximum absolute atomic E-state index is 5.61. The number of aromatic nitrogens is 2. The number of hydrazine groups is 1. The van der Waals surface area contributed by atoms with Crippen molar-refractivity contribution in [2.45, 2.75) is 58.8 Å². The first-order valence-corrected chi connectivity index (χ1v) is 8.09. The van der Waals surface area contributed by atoms with E-state index in [1.165, 1.54) is 32.1 Å². The second-order valence-corrected chi connectivity index (χ2v) is 6.56. The van der Waals surface area contributed by atoms with Crippen molar-refractivity contribution in [1.29, 1.82) is 0 Å². The number of nitrogens with zero attached hydrogens (tertiary/aromatic N) is 3. The normalized spacial score (nSPS) is 16.3. The Morgan fingerprint density at radius 2 is 1.90 bits per heavy atom. The quantitative estimate of drug-likeness (QED) is 0.644. The fraction of sp³-hybridized carbons (Fsp3) is 0.750. The molecule has 2 rings (SSSR count). The maximum atomic E-state index is 5.61. The smallest absolute Gasteiger partial charge is 0.148 e. The van der Waals surface area contributed by atoms with Crippen molar-refractivity contribution in [3.8, 4) is 0 Å². The van der Waals surface area contributed by atoms with Crippen molar-refractivity contribution in [3.05, 3.63) is 11.4 Å². The number of hydrogen-bond donors (Lipinski definition) is 2. The first-order chi connectivity index (χ1) is 10.0. The van der Waals surface area contributed by atoms with Gasteiger partial charge in [0.15, 0.2) is 0 Å². The predicted molar refractivity (Wildman–Crippen MR) is 88.5 cm³/mol. The Kier molecular flexibility index (Phi) is 5.39. The molecular formula is C16H29N5. The van der Waals surface area contributed by atoms with Crippen LogP contribution in [0.2, 0.25) is 0 Å². The summed E-state index contributed by atoms with van der Waals surface area (Å²) in [5.74, 6) is 9.28. The van der Waals surface area contributed by atoms with Gasteiger partial charge in [-0.05, 0) is 25.7 Å². The highest BCUT2D eigenvalue weighted by atomic mass is 15.3. The van der Waals surface area contributed by atoms with Gasteiger partial charge in [0, 0.05) is 25.1 Å². The van der Waals surface area contributed by atoms with Gasteiger partial charge in [-0.25, -0.2) is 15.8 Å². The molecule has 118 valence electrons. The molecule has 0 aromatic carbocycles. The van der Waals surface area contributed by atoms with Gasteiger partial charge in [-0.15, -0.1) is 0 Å². The lowest BCUT2D eigenvalue weighted by Crippen LogP contribution is -2.29. The minimum Gasteiger partial charge on any atom is -0.359 e. The van der Waals surface area contributed by atoms with E-state index in [1.54, 1.807) is 0 Å². The largest absolute Gasteiger partial charge is 0.359 e. The Morgan fingerprint density at radius 3 is 2.48 bits per heavy atom. The fourth-order valence-corrected chi connectivity index (χ4v) is 3.14. The number of nitrogens with two attached hydrogens (primary N) is 1. The van der Waals surface area contributed by atoms with Crippen LogP contribution in [-0.2, 0) is 0 Å². The molecule has 1 aliphatic rings. The molecule has 21 heavy (non-hydrogen) atoms. The molecule has 3 N–H and O–H groups in total. The Bertz CT molecular complexity index is 466. The summed E-state index contributed by atoms with van der Waals surface area (Å²) in [7, 11) is 2.13. The van der Waals surface area contributed by atoms with Crippen LogP contribution in [0.5, 0.6) is 0 Å². The summed E-state index contributed by atoms with van der Waals surface area (Å²) in [5.41, 5.74) is 3.74. The highest BCUT2D eigenvalue weighted by Gasteiger charge is 2.20. The lowest BCUT2D eigenvalue weighted by Gasteiger charge is -2.29. The van der Waals surface area contributed by atoms with E-state index >= 15 is 0 Å². The Hall–Kier alpha value is -1.36. The minimum atomic E-state index is 0.291. The van der Waals surface area contributed by atoms with Crippen LogP contribution in [0.25, 0.3) is 0 Å². The lowest BCUT2D eigenvalue weighted by atomic mass is 9.89. The molecule has 0 aliphatic heterocycles. The molecule has 1 saturated carbocycles. The molecule has 0 spiro atoms. The van der Waals surface area contributed by atoms with Crippen molar-refractivity contribution in [2.75, 3.05) is 23.9 Å². The second-order valence-electron chi connectivity index (χ2n) is 6.56. The van der Waals surface area contributed by atoms with Gasteiger partial charge < -0.3 is 10.3 Å². The van der Waals surface area contributed by atoms with Gasteiger partial charge in [0.25, 0.3) is 0 Å². The van der Waals surface area contributed by atoms with Crippen molar-refractivity contribution in [2.24, 2.45) is 11.8 Å². The fourth-order valence-electron chi connectivity index (χ4n) is 3.14. The van der Waals surface area contributed by atoms with Gasteiger partial charge in [0.1, 0.15) is 17.5 Å². The summed E-state index contributed by atoms with van der Waals surface area (Å²) in [6.45, 7) is 7.32. The van der Waals surface area contributed by atoms with Gasteiger partial charge in [0.2, 0.25) is 0 Å². The lowest BCUT2D eigenvalue weighted by molar-refractivity contribution is 0.361. The number of rotatable bonds is 5. The molecule has 5 nitrogen and oxygen atoms in total. The Balaban J connectivity index is 2.21. The molecular weight excluding hydrogens is 262 g/mol. The second kappa shape index (κ2) is 7.07. The van der Waals surface area contributed by atoms with E-state index in [1.807, 2.05) is 6.92 Å². The van der Waals surface area contributed by atoms with E-state index in [9.17, 15) is 0 Å². The highest BCUT2D eigenvalue weighted by Crippen LogP contribution is 2.28. The third-order valence-corrected chi connectivity index (χ3v) is 4.41. The highest BCUT2D eigenvalue weighted by molar-refractivity contribution is 5.58. The molecule has 0 bridgehead atoms. The van der Waals surface area contributed by atoms with Crippen molar-refractivity contribution in [1.82, 2.24) is 9.97 Å². The first-order valence-electron chi connectivity index (χ1n) is 8.09. The van der Waals surface area contributed by atoms with Gasteiger partial charge in [-0.1, -0.05) is 33.1 Å². The summed E-state index contributed by atoms with van der Waals surface area (Å²) >= 11 is 0.